The van der Waals surface area contributed by atoms with Gasteiger partial charge in [0.15, 0.2) is 5.69 Å². The Morgan fingerprint density at radius 2 is 2.18 bits per heavy atom. The first-order valence-corrected chi connectivity index (χ1v) is 7.43. The van der Waals surface area contributed by atoms with Gasteiger partial charge in [-0.1, -0.05) is 6.07 Å². The molecule has 1 saturated heterocycles. The number of fused-ring (bicyclic) bond motifs is 1. The van der Waals surface area contributed by atoms with Crippen LogP contribution < -0.4 is 0 Å². The van der Waals surface area contributed by atoms with Crippen LogP contribution in [0.3, 0.4) is 0 Å². The molecule has 0 saturated carbocycles. The summed E-state index contributed by atoms with van der Waals surface area (Å²) in [6, 6.07) is 3.52. The average Bonchev–Trinajstić information content (AvgIpc) is 3.04. The van der Waals surface area contributed by atoms with Crippen LogP contribution >= 0.6 is 0 Å². The molecule has 5 nitrogen and oxygen atoms in total. The second-order valence-electron chi connectivity index (χ2n) is 6.58. The van der Waals surface area contributed by atoms with Crippen molar-refractivity contribution in [2.75, 3.05) is 13.1 Å². The predicted octanol–water partition coefficient (Wildman–Crippen LogP) is 2.01. The van der Waals surface area contributed by atoms with Crippen molar-refractivity contribution in [1.82, 2.24) is 14.3 Å². The van der Waals surface area contributed by atoms with Gasteiger partial charge in [-0.3, -0.25) is 9.20 Å². The van der Waals surface area contributed by atoms with Crippen molar-refractivity contribution in [3.8, 4) is 0 Å². The topological polar surface area (TPSA) is 57.8 Å². The quantitative estimate of drug-likeness (QED) is 0.923. The molecule has 0 spiro atoms. The minimum atomic E-state index is -0.844. The summed E-state index contributed by atoms with van der Waals surface area (Å²) in [6.45, 7) is 6.27. The number of aliphatic hydroxyl groups is 1. The molecule has 0 aliphatic carbocycles. The molecule has 1 amide bonds. The zero-order valence-electron chi connectivity index (χ0n) is 13.0. The lowest BCUT2D eigenvalue weighted by atomic mass is 9.90. The molecule has 118 valence electrons. The van der Waals surface area contributed by atoms with Crippen LogP contribution in [0.2, 0.25) is 0 Å². The Bertz CT molecular complexity index is 733. The first kappa shape index (κ1) is 15.0. The summed E-state index contributed by atoms with van der Waals surface area (Å²) >= 11 is 0. The summed E-state index contributed by atoms with van der Waals surface area (Å²) in [4.78, 5) is 18.2. The van der Waals surface area contributed by atoms with Crippen LogP contribution in [0, 0.1) is 18.8 Å². The molecule has 22 heavy (non-hydrogen) atoms. The number of nitrogens with zero attached hydrogens (tertiary/aromatic N) is 3. The zero-order chi connectivity index (χ0) is 16.1. The van der Waals surface area contributed by atoms with Crippen molar-refractivity contribution in [1.29, 1.82) is 0 Å². The number of aromatic nitrogens is 2. The highest BCUT2D eigenvalue weighted by Gasteiger charge is 2.37. The lowest BCUT2D eigenvalue weighted by Crippen LogP contribution is -2.35. The van der Waals surface area contributed by atoms with Gasteiger partial charge in [0.2, 0.25) is 5.95 Å². The second-order valence-corrected chi connectivity index (χ2v) is 6.58. The van der Waals surface area contributed by atoms with Gasteiger partial charge in [-0.2, -0.15) is 4.39 Å². The number of rotatable bonds is 2. The van der Waals surface area contributed by atoms with Crippen LogP contribution in [0.5, 0.6) is 0 Å². The Labute approximate surface area is 128 Å². The van der Waals surface area contributed by atoms with Gasteiger partial charge in [-0.15, -0.1) is 0 Å². The van der Waals surface area contributed by atoms with E-state index in [2.05, 4.69) is 4.98 Å². The van der Waals surface area contributed by atoms with E-state index in [-0.39, 0.29) is 11.6 Å². The van der Waals surface area contributed by atoms with E-state index in [0.29, 0.717) is 25.2 Å². The molecule has 3 heterocycles. The largest absolute Gasteiger partial charge is 0.390 e. The van der Waals surface area contributed by atoms with E-state index in [1.54, 1.807) is 31.0 Å². The van der Waals surface area contributed by atoms with E-state index in [1.807, 2.05) is 13.0 Å². The minimum absolute atomic E-state index is 0.00112. The first-order valence-electron chi connectivity index (χ1n) is 7.43. The highest BCUT2D eigenvalue weighted by Crippen LogP contribution is 2.28. The number of halogens is 1. The molecule has 1 atom stereocenters. The van der Waals surface area contributed by atoms with Crippen LogP contribution in [0.1, 0.15) is 36.3 Å². The molecule has 0 bridgehead atoms. The summed E-state index contributed by atoms with van der Waals surface area (Å²) in [5, 5.41) is 10.1. The Kier molecular flexibility index (Phi) is 3.44. The van der Waals surface area contributed by atoms with Crippen molar-refractivity contribution in [3.05, 3.63) is 35.5 Å². The summed E-state index contributed by atoms with van der Waals surface area (Å²) in [6.07, 6.45) is 2.33. The fourth-order valence-corrected chi connectivity index (χ4v) is 2.93. The Morgan fingerprint density at radius 1 is 1.45 bits per heavy atom. The number of carbonyl (C=O) groups is 1. The van der Waals surface area contributed by atoms with Crippen LogP contribution in [0.4, 0.5) is 4.39 Å². The van der Waals surface area contributed by atoms with Crippen molar-refractivity contribution < 1.29 is 14.3 Å². The summed E-state index contributed by atoms with van der Waals surface area (Å²) in [5.74, 6) is -1.04. The minimum Gasteiger partial charge on any atom is -0.390 e. The standard InChI is InChI=1S/C16H20FN3O2/c1-10-4-5-12-18-13(14(17)20(12)8-10)15(21)19-7-6-11(9-19)16(2,3)22/h4-5,8,11,22H,6-7,9H2,1-3H3/t11-/m0/s1. The van der Waals surface area contributed by atoms with Crippen molar-refractivity contribution in [2.45, 2.75) is 32.8 Å². The second kappa shape index (κ2) is 5.05. The zero-order valence-corrected chi connectivity index (χ0v) is 13.0. The van der Waals surface area contributed by atoms with Crippen LogP contribution in [0.15, 0.2) is 18.3 Å². The third kappa shape index (κ3) is 2.47. The van der Waals surface area contributed by atoms with Gasteiger partial charge in [0.05, 0.1) is 5.60 Å². The molecule has 1 aliphatic rings. The first-order chi connectivity index (χ1) is 10.3. The molecule has 1 N–H and O–H groups in total. The maximum atomic E-state index is 14.4. The van der Waals surface area contributed by atoms with E-state index in [4.69, 9.17) is 0 Å². The van der Waals surface area contributed by atoms with E-state index in [9.17, 15) is 14.3 Å². The SMILES string of the molecule is Cc1ccc2nc(C(=O)N3CC[C@H](C(C)(C)O)C3)c(F)n2c1. The number of hydrogen-bond acceptors (Lipinski definition) is 3. The molecule has 2 aromatic rings. The smallest absolute Gasteiger partial charge is 0.277 e. The molecule has 2 aromatic heterocycles. The van der Waals surface area contributed by atoms with Crippen LogP contribution in [-0.2, 0) is 0 Å². The predicted molar refractivity (Wildman–Crippen MR) is 80.2 cm³/mol. The van der Waals surface area contributed by atoms with Gasteiger partial charge in [-0.05, 0) is 38.8 Å². The summed E-state index contributed by atoms with van der Waals surface area (Å²) in [7, 11) is 0. The number of amides is 1. The van der Waals surface area contributed by atoms with Gasteiger partial charge in [0.1, 0.15) is 5.65 Å². The van der Waals surface area contributed by atoms with Gasteiger partial charge in [0.25, 0.3) is 5.91 Å². The lowest BCUT2D eigenvalue weighted by Gasteiger charge is -2.25. The maximum absolute atomic E-state index is 14.4. The molecular weight excluding hydrogens is 285 g/mol. The van der Waals surface area contributed by atoms with Crippen LogP contribution in [0.25, 0.3) is 5.65 Å². The molecule has 3 rings (SSSR count). The van der Waals surface area contributed by atoms with Crippen LogP contribution in [-0.4, -0.2) is 44.0 Å². The number of pyridine rings is 1. The van der Waals surface area contributed by atoms with E-state index in [0.717, 1.165) is 5.56 Å². The highest BCUT2D eigenvalue weighted by molar-refractivity contribution is 5.93. The molecule has 0 unspecified atom stereocenters. The molecule has 0 aromatic carbocycles. The van der Waals surface area contributed by atoms with Crippen molar-refractivity contribution in [2.24, 2.45) is 5.92 Å². The molecule has 1 fully saturated rings. The third-order valence-corrected chi connectivity index (χ3v) is 4.39. The summed E-state index contributed by atoms with van der Waals surface area (Å²) < 4.78 is 15.7. The highest BCUT2D eigenvalue weighted by atomic mass is 19.1. The summed E-state index contributed by atoms with van der Waals surface area (Å²) in [5.41, 5.74) is 0.321. The van der Waals surface area contributed by atoms with E-state index in [1.165, 1.54) is 4.40 Å². The van der Waals surface area contributed by atoms with E-state index >= 15 is 0 Å². The van der Waals surface area contributed by atoms with Gasteiger partial charge >= 0.3 is 0 Å². The van der Waals surface area contributed by atoms with E-state index < -0.39 is 17.5 Å². The Balaban J connectivity index is 1.89. The molecular formula is C16H20FN3O2. The number of hydrogen-bond donors (Lipinski definition) is 1. The third-order valence-electron chi connectivity index (χ3n) is 4.39. The van der Waals surface area contributed by atoms with Gasteiger partial charge in [0, 0.05) is 25.2 Å². The van der Waals surface area contributed by atoms with Crippen molar-refractivity contribution in [3.63, 3.8) is 0 Å². The number of likely N-dealkylation sites (tertiary alicyclic amines) is 1. The van der Waals surface area contributed by atoms with Gasteiger partial charge < -0.3 is 10.0 Å². The number of aryl methyl sites for hydroxylation is 1. The molecule has 6 heteroatoms. The molecule has 0 radical (unpaired) electrons. The number of imidazole rings is 1. The fraction of sp³-hybridized carbons (Fsp3) is 0.500. The average molecular weight is 305 g/mol. The maximum Gasteiger partial charge on any atom is 0.277 e. The van der Waals surface area contributed by atoms with Crippen molar-refractivity contribution >= 4 is 11.6 Å². The Morgan fingerprint density at radius 3 is 2.82 bits per heavy atom. The van der Waals surface area contributed by atoms with Gasteiger partial charge in [-0.25, -0.2) is 4.98 Å². The molecule has 1 aliphatic heterocycles. The lowest BCUT2D eigenvalue weighted by molar-refractivity contribution is 0.0210. The fourth-order valence-electron chi connectivity index (χ4n) is 2.93. The normalized spacial score (nSPS) is 19.1. The number of carbonyl (C=O) groups excluding carboxylic acids is 1. The monoisotopic (exact) mass is 305 g/mol. The Hall–Kier alpha value is -1.95.